The zero-order valence-electron chi connectivity index (χ0n) is 11.1. The maximum absolute atomic E-state index is 3.45. The van der Waals surface area contributed by atoms with Crippen LogP contribution in [0.15, 0.2) is 24.3 Å². The number of hydrogen-bond donors (Lipinski definition) is 1. The average Bonchev–Trinajstić information content (AvgIpc) is 2.37. The first-order valence-corrected chi connectivity index (χ1v) is 6.76. The van der Waals surface area contributed by atoms with Gasteiger partial charge in [0.2, 0.25) is 0 Å². The molecule has 0 amide bonds. The van der Waals surface area contributed by atoms with E-state index < -0.39 is 0 Å². The first-order valence-electron chi connectivity index (χ1n) is 6.76. The summed E-state index contributed by atoms with van der Waals surface area (Å²) >= 11 is 0. The van der Waals surface area contributed by atoms with Gasteiger partial charge in [-0.25, -0.2) is 0 Å². The molecule has 2 nitrogen and oxygen atoms in total. The third-order valence-electron chi connectivity index (χ3n) is 3.68. The minimum absolute atomic E-state index is 0.466. The number of piperidine rings is 1. The van der Waals surface area contributed by atoms with E-state index in [0.717, 1.165) is 6.54 Å². The lowest BCUT2D eigenvalue weighted by molar-refractivity contribution is 0.208. The number of rotatable bonds is 4. The molecule has 1 atom stereocenters. The Hall–Kier alpha value is -0.860. The van der Waals surface area contributed by atoms with E-state index in [4.69, 9.17) is 0 Å². The monoisotopic (exact) mass is 232 g/mol. The summed E-state index contributed by atoms with van der Waals surface area (Å²) in [7, 11) is 2.07. The van der Waals surface area contributed by atoms with Crippen molar-refractivity contribution < 1.29 is 0 Å². The van der Waals surface area contributed by atoms with Gasteiger partial charge in [0, 0.05) is 12.6 Å². The van der Waals surface area contributed by atoms with Crippen LogP contribution < -0.4 is 5.32 Å². The van der Waals surface area contributed by atoms with Crippen LogP contribution in [-0.4, -0.2) is 31.6 Å². The predicted molar refractivity (Wildman–Crippen MR) is 73.3 cm³/mol. The number of nitrogens with zero attached hydrogens (tertiary/aromatic N) is 1. The Morgan fingerprint density at radius 1 is 1.24 bits per heavy atom. The van der Waals surface area contributed by atoms with Crippen LogP contribution in [0.5, 0.6) is 0 Å². The van der Waals surface area contributed by atoms with Crippen molar-refractivity contribution in [1.29, 1.82) is 0 Å². The van der Waals surface area contributed by atoms with Crippen molar-refractivity contribution in [1.82, 2.24) is 10.2 Å². The molecule has 1 saturated heterocycles. The van der Waals surface area contributed by atoms with Crippen LogP contribution in [0.3, 0.4) is 0 Å². The summed E-state index contributed by atoms with van der Waals surface area (Å²) in [6.45, 7) is 5.84. The maximum Gasteiger partial charge on any atom is 0.0446 e. The van der Waals surface area contributed by atoms with Gasteiger partial charge in [-0.1, -0.05) is 36.2 Å². The van der Waals surface area contributed by atoms with Crippen molar-refractivity contribution in [3.8, 4) is 0 Å². The van der Waals surface area contributed by atoms with Crippen LogP contribution in [0.1, 0.15) is 36.4 Å². The van der Waals surface area contributed by atoms with Crippen LogP contribution in [0.2, 0.25) is 0 Å². The Kier molecular flexibility index (Phi) is 4.57. The third-order valence-corrected chi connectivity index (χ3v) is 3.68. The molecular weight excluding hydrogens is 208 g/mol. The molecule has 0 radical (unpaired) electrons. The highest BCUT2D eigenvalue weighted by Gasteiger charge is 2.16. The van der Waals surface area contributed by atoms with Crippen LogP contribution >= 0.6 is 0 Å². The number of likely N-dealkylation sites (tertiary alicyclic amines) is 1. The lowest BCUT2D eigenvalue weighted by Crippen LogP contribution is -2.37. The van der Waals surface area contributed by atoms with E-state index in [1.807, 2.05) is 0 Å². The fourth-order valence-electron chi connectivity index (χ4n) is 2.65. The highest BCUT2D eigenvalue weighted by atomic mass is 15.1. The largest absolute Gasteiger partial charge is 0.312 e. The quantitative estimate of drug-likeness (QED) is 0.858. The van der Waals surface area contributed by atoms with Crippen molar-refractivity contribution >= 4 is 0 Å². The molecule has 1 aromatic carbocycles. The number of hydrogen-bond acceptors (Lipinski definition) is 2. The SMILES string of the molecule is CNC(CN1CCCCC1)c1cccc(C)c1. The Morgan fingerprint density at radius 3 is 2.65 bits per heavy atom. The second kappa shape index (κ2) is 6.18. The Morgan fingerprint density at radius 2 is 2.00 bits per heavy atom. The van der Waals surface area contributed by atoms with Gasteiger partial charge in [-0.3, -0.25) is 0 Å². The molecule has 1 heterocycles. The molecule has 1 fully saturated rings. The van der Waals surface area contributed by atoms with E-state index in [9.17, 15) is 0 Å². The van der Waals surface area contributed by atoms with Gasteiger partial charge in [-0.15, -0.1) is 0 Å². The molecule has 0 aromatic heterocycles. The molecule has 94 valence electrons. The number of nitrogens with one attached hydrogen (secondary N) is 1. The van der Waals surface area contributed by atoms with Crippen LogP contribution in [0.25, 0.3) is 0 Å². The summed E-state index contributed by atoms with van der Waals surface area (Å²) in [5, 5.41) is 3.45. The normalized spacial score (nSPS) is 19.2. The van der Waals surface area contributed by atoms with E-state index in [2.05, 4.69) is 48.5 Å². The lowest BCUT2D eigenvalue weighted by Gasteiger charge is -2.30. The first-order chi connectivity index (χ1) is 8.29. The summed E-state index contributed by atoms with van der Waals surface area (Å²) in [6.07, 6.45) is 4.14. The smallest absolute Gasteiger partial charge is 0.0446 e. The zero-order valence-corrected chi connectivity index (χ0v) is 11.1. The van der Waals surface area contributed by atoms with E-state index in [1.165, 1.54) is 43.5 Å². The predicted octanol–water partition coefficient (Wildman–Crippen LogP) is 2.74. The molecule has 0 aliphatic carbocycles. The van der Waals surface area contributed by atoms with Crippen molar-refractivity contribution in [2.24, 2.45) is 0 Å². The summed E-state index contributed by atoms with van der Waals surface area (Å²) in [5.41, 5.74) is 2.76. The second-order valence-corrected chi connectivity index (χ2v) is 5.12. The van der Waals surface area contributed by atoms with Gasteiger partial charge in [-0.05, 0) is 45.5 Å². The molecule has 2 rings (SSSR count). The highest BCUT2D eigenvalue weighted by Crippen LogP contribution is 2.18. The summed E-state index contributed by atoms with van der Waals surface area (Å²) in [5.74, 6) is 0. The maximum atomic E-state index is 3.45. The van der Waals surface area contributed by atoms with Gasteiger partial charge < -0.3 is 10.2 Å². The molecule has 1 unspecified atom stereocenters. The molecule has 1 N–H and O–H groups in total. The number of aryl methyl sites for hydroxylation is 1. The molecule has 17 heavy (non-hydrogen) atoms. The minimum Gasteiger partial charge on any atom is -0.312 e. The number of likely N-dealkylation sites (N-methyl/N-ethyl adjacent to an activating group) is 1. The van der Waals surface area contributed by atoms with E-state index in [1.54, 1.807) is 0 Å². The Bertz CT molecular complexity index is 343. The van der Waals surface area contributed by atoms with Gasteiger partial charge >= 0.3 is 0 Å². The number of benzene rings is 1. The topological polar surface area (TPSA) is 15.3 Å². The Balaban J connectivity index is 2.00. The third kappa shape index (κ3) is 3.55. The van der Waals surface area contributed by atoms with Gasteiger partial charge in [0.05, 0.1) is 0 Å². The van der Waals surface area contributed by atoms with Crippen molar-refractivity contribution in [2.75, 3.05) is 26.7 Å². The second-order valence-electron chi connectivity index (χ2n) is 5.12. The van der Waals surface area contributed by atoms with Gasteiger partial charge in [0.1, 0.15) is 0 Å². The molecule has 2 heteroatoms. The van der Waals surface area contributed by atoms with E-state index in [0.29, 0.717) is 6.04 Å². The van der Waals surface area contributed by atoms with Crippen molar-refractivity contribution in [3.05, 3.63) is 35.4 Å². The molecule has 0 spiro atoms. The van der Waals surface area contributed by atoms with Gasteiger partial charge in [-0.2, -0.15) is 0 Å². The molecule has 1 aliphatic rings. The van der Waals surface area contributed by atoms with Crippen LogP contribution in [0.4, 0.5) is 0 Å². The molecule has 0 saturated carbocycles. The molecule has 1 aromatic rings. The summed E-state index contributed by atoms with van der Waals surface area (Å²) in [4.78, 5) is 2.59. The minimum atomic E-state index is 0.466. The highest BCUT2D eigenvalue weighted by molar-refractivity contribution is 5.25. The molecular formula is C15H24N2. The van der Waals surface area contributed by atoms with Gasteiger partial charge in [0.15, 0.2) is 0 Å². The Labute approximate surface area is 105 Å². The standard InChI is InChI=1S/C15H24N2/c1-13-7-6-8-14(11-13)15(16-2)12-17-9-4-3-5-10-17/h6-8,11,15-16H,3-5,9-10,12H2,1-2H3. The van der Waals surface area contributed by atoms with Crippen LogP contribution in [0, 0.1) is 6.92 Å². The molecule has 1 aliphatic heterocycles. The summed E-state index contributed by atoms with van der Waals surface area (Å²) < 4.78 is 0. The summed E-state index contributed by atoms with van der Waals surface area (Å²) in [6, 6.07) is 9.32. The fourth-order valence-corrected chi connectivity index (χ4v) is 2.65. The average molecular weight is 232 g/mol. The zero-order chi connectivity index (χ0) is 12.1. The molecule has 0 bridgehead atoms. The lowest BCUT2D eigenvalue weighted by atomic mass is 10.0. The van der Waals surface area contributed by atoms with E-state index >= 15 is 0 Å². The van der Waals surface area contributed by atoms with Crippen molar-refractivity contribution in [2.45, 2.75) is 32.2 Å². The fraction of sp³-hybridized carbons (Fsp3) is 0.600. The van der Waals surface area contributed by atoms with Gasteiger partial charge in [0.25, 0.3) is 0 Å². The first kappa shape index (κ1) is 12.6. The van der Waals surface area contributed by atoms with E-state index in [-0.39, 0.29) is 0 Å². The van der Waals surface area contributed by atoms with Crippen LogP contribution in [-0.2, 0) is 0 Å². The van der Waals surface area contributed by atoms with Crippen molar-refractivity contribution in [3.63, 3.8) is 0 Å².